The van der Waals surface area contributed by atoms with Crippen LogP contribution in [-0.2, 0) is 15.1 Å². The largest absolute Gasteiger partial charge is 0.446 e. The summed E-state index contributed by atoms with van der Waals surface area (Å²) in [6, 6.07) is 30.0. The monoisotopic (exact) mass is 452 g/mol. The van der Waals surface area contributed by atoms with E-state index >= 15 is 0 Å². The number of carbonyl (C=O) groups is 1. The lowest BCUT2D eigenvalue weighted by atomic mass is 9.75. The number of nitrogens with zero attached hydrogens (tertiary/aromatic N) is 2. The molecule has 1 aliphatic rings. The average molecular weight is 453 g/mol. The molecule has 1 heterocycles. The van der Waals surface area contributed by atoms with E-state index in [2.05, 4.69) is 44.7 Å². The van der Waals surface area contributed by atoms with Gasteiger partial charge in [-0.2, -0.15) is 4.99 Å². The van der Waals surface area contributed by atoms with Gasteiger partial charge in [0.25, 0.3) is 0 Å². The van der Waals surface area contributed by atoms with Crippen molar-refractivity contribution < 1.29 is 9.53 Å². The van der Waals surface area contributed by atoms with Crippen LogP contribution in [-0.4, -0.2) is 22.9 Å². The minimum Gasteiger partial charge on any atom is -0.446 e. The smallest absolute Gasteiger partial charge is 0.301 e. The van der Waals surface area contributed by atoms with Crippen molar-refractivity contribution in [3.63, 3.8) is 0 Å². The molecule has 0 saturated carbocycles. The second-order valence-electron chi connectivity index (χ2n) is 9.12. The molecule has 4 nitrogen and oxygen atoms in total. The van der Waals surface area contributed by atoms with Gasteiger partial charge in [-0.15, -0.1) is 6.58 Å². The minimum absolute atomic E-state index is 0.0120. The van der Waals surface area contributed by atoms with Gasteiger partial charge in [-0.25, -0.2) is 0 Å². The Morgan fingerprint density at radius 3 is 1.91 bits per heavy atom. The predicted octanol–water partition coefficient (Wildman–Crippen LogP) is 6.71. The zero-order chi connectivity index (χ0) is 24.1. The van der Waals surface area contributed by atoms with E-state index in [1.165, 1.54) is 0 Å². The third-order valence-electron chi connectivity index (χ3n) is 6.35. The van der Waals surface area contributed by atoms with Crippen LogP contribution in [0.25, 0.3) is 0 Å². The Morgan fingerprint density at radius 2 is 1.44 bits per heavy atom. The highest BCUT2D eigenvalue weighted by Gasteiger charge is 2.58. The molecule has 1 fully saturated rings. The summed E-state index contributed by atoms with van der Waals surface area (Å²) in [5, 5.41) is 0. The molecule has 4 rings (SSSR count). The predicted molar refractivity (Wildman–Crippen MR) is 138 cm³/mol. The first-order chi connectivity index (χ1) is 16.5. The fraction of sp³-hybridized carbons (Fsp3) is 0.267. The lowest BCUT2D eigenvalue weighted by molar-refractivity contribution is -0.133. The zero-order valence-electron chi connectivity index (χ0n) is 20.1. The van der Waals surface area contributed by atoms with Crippen LogP contribution < -0.4 is 0 Å². The van der Waals surface area contributed by atoms with Crippen LogP contribution in [0.15, 0.2) is 109 Å². The summed E-state index contributed by atoms with van der Waals surface area (Å²) in [4.78, 5) is 20.6. The van der Waals surface area contributed by atoms with Crippen molar-refractivity contribution >= 4 is 17.6 Å². The molecular formula is C30H32N2O2. The fourth-order valence-corrected chi connectivity index (χ4v) is 4.83. The maximum atomic E-state index is 13.9. The van der Waals surface area contributed by atoms with Gasteiger partial charge in [0.15, 0.2) is 5.60 Å². The summed E-state index contributed by atoms with van der Waals surface area (Å²) in [6.45, 7) is 10.1. The first-order valence-corrected chi connectivity index (χ1v) is 11.9. The lowest BCUT2D eigenvalue weighted by Gasteiger charge is -2.38. The second-order valence-corrected chi connectivity index (χ2v) is 9.12. The van der Waals surface area contributed by atoms with Crippen LogP contribution in [0.4, 0.5) is 5.69 Å². The first-order valence-electron chi connectivity index (χ1n) is 11.9. The van der Waals surface area contributed by atoms with Gasteiger partial charge in [0.1, 0.15) is 0 Å². The van der Waals surface area contributed by atoms with Crippen LogP contribution in [0.1, 0.15) is 38.3 Å². The van der Waals surface area contributed by atoms with Crippen molar-refractivity contribution in [1.29, 1.82) is 0 Å². The van der Waals surface area contributed by atoms with Gasteiger partial charge in [0, 0.05) is 17.0 Å². The Labute approximate surface area is 202 Å². The standard InChI is InChI=1S/C30H32N2O2/c1-5-15-23(4)28(33)32-27(22(2)3)30(24-16-9-6-10-17-24,25-18-11-7-12-19-25)34-29(32)31-26-20-13-8-14-21-26/h5-14,16-23,27H,1,15H2,2-4H3/t23-,27+/m1/s1. The van der Waals surface area contributed by atoms with Crippen molar-refractivity contribution in [3.05, 3.63) is 115 Å². The lowest BCUT2D eigenvalue weighted by Crippen LogP contribution is -2.51. The number of benzene rings is 3. The van der Waals surface area contributed by atoms with Crippen LogP contribution in [0.2, 0.25) is 0 Å². The highest BCUT2D eigenvalue weighted by atomic mass is 16.5. The molecule has 4 heteroatoms. The Morgan fingerprint density at radius 1 is 0.941 bits per heavy atom. The van der Waals surface area contributed by atoms with Crippen molar-refractivity contribution in [2.24, 2.45) is 16.8 Å². The number of amidine groups is 1. The van der Waals surface area contributed by atoms with Gasteiger partial charge < -0.3 is 4.74 Å². The van der Waals surface area contributed by atoms with Crippen LogP contribution in [0.3, 0.4) is 0 Å². The molecule has 34 heavy (non-hydrogen) atoms. The molecular weight excluding hydrogens is 420 g/mol. The molecule has 0 radical (unpaired) electrons. The van der Waals surface area contributed by atoms with Gasteiger partial charge in [-0.1, -0.05) is 106 Å². The van der Waals surface area contributed by atoms with Gasteiger partial charge >= 0.3 is 6.02 Å². The quantitative estimate of drug-likeness (QED) is 0.374. The van der Waals surface area contributed by atoms with Gasteiger partial charge in [0.2, 0.25) is 5.91 Å². The summed E-state index contributed by atoms with van der Waals surface area (Å²) in [5.41, 5.74) is 1.83. The Balaban J connectivity index is 1.99. The zero-order valence-corrected chi connectivity index (χ0v) is 20.1. The Hall–Kier alpha value is -3.66. The summed E-state index contributed by atoms with van der Waals surface area (Å²) < 4.78 is 6.89. The molecule has 3 aromatic rings. The molecule has 0 N–H and O–H groups in total. The number of carbonyl (C=O) groups excluding carboxylic acids is 1. The van der Waals surface area contributed by atoms with Crippen LogP contribution >= 0.6 is 0 Å². The van der Waals surface area contributed by atoms with Crippen molar-refractivity contribution in [2.45, 2.75) is 38.8 Å². The van der Waals surface area contributed by atoms with E-state index in [0.29, 0.717) is 12.4 Å². The Bertz CT molecular complexity index is 1100. The molecule has 0 bridgehead atoms. The normalized spacial score (nSPS) is 19.1. The summed E-state index contributed by atoms with van der Waals surface area (Å²) in [5.74, 6) is -0.170. The molecule has 1 saturated heterocycles. The van der Waals surface area contributed by atoms with E-state index in [4.69, 9.17) is 9.73 Å². The number of rotatable bonds is 7. The SMILES string of the molecule is C=CC[C@@H](C)C(=O)N1C(=Nc2ccccc2)OC(c2ccccc2)(c2ccccc2)[C@@H]1C(C)C. The number of aliphatic imine (C=N–C) groups is 1. The van der Waals surface area contributed by atoms with E-state index in [1.807, 2.05) is 73.7 Å². The van der Waals surface area contributed by atoms with Crippen molar-refractivity contribution in [3.8, 4) is 0 Å². The summed E-state index contributed by atoms with van der Waals surface area (Å²) in [6.07, 6.45) is 2.38. The van der Waals surface area contributed by atoms with Gasteiger partial charge in [-0.05, 0) is 24.5 Å². The summed E-state index contributed by atoms with van der Waals surface area (Å²) in [7, 11) is 0. The van der Waals surface area contributed by atoms with E-state index in [-0.39, 0.29) is 23.8 Å². The van der Waals surface area contributed by atoms with E-state index in [1.54, 1.807) is 11.0 Å². The number of ether oxygens (including phenoxy) is 1. The van der Waals surface area contributed by atoms with Gasteiger partial charge in [0.05, 0.1) is 11.7 Å². The second kappa shape index (κ2) is 10.1. The number of para-hydroxylation sites is 1. The van der Waals surface area contributed by atoms with Crippen molar-refractivity contribution in [2.75, 3.05) is 0 Å². The minimum atomic E-state index is -0.895. The maximum Gasteiger partial charge on any atom is 0.301 e. The number of hydrogen-bond acceptors (Lipinski definition) is 3. The molecule has 0 unspecified atom stereocenters. The van der Waals surface area contributed by atoms with Crippen LogP contribution in [0, 0.1) is 11.8 Å². The molecule has 3 aromatic carbocycles. The third kappa shape index (κ3) is 4.28. The topological polar surface area (TPSA) is 41.9 Å². The number of hydrogen-bond donors (Lipinski definition) is 0. The molecule has 2 atom stereocenters. The highest BCUT2D eigenvalue weighted by Crippen LogP contribution is 2.48. The van der Waals surface area contributed by atoms with E-state index < -0.39 is 5.60 Å². The molecule has 0 aliphatic carbocycles. The average Bonchev–Trinajstić information content (AvgIpc) is 3.21. The summed E-state index contributed by atoms with van der Waals surface area (Å²) >= 11 is 0. The molecule has 0 spiro atoms. The van der Waals surface area contributed by atoms with E-state index in [0.717, 1.165) is 16.8 Å². The maximum absolute atomic E-state index is 13.9. The van der Waals surface area contributed by atoms with Crippen LogP contribution in [0.5, 0.6) is 0 Å². The molecule has 174 valence electrons. The van der Waals surface area contributed by atoms with Gasteiger partial charge in [-0.3, -0.25) is 9.69 Å². The fourth-order valence-electron chi connectivity index (χ4n) is 4.83. The first kappa shape index (κ1) is 23.5. The Kier molecular flexibility index (Phi) is 6.97. The number of amides is 1. The van der Waals surface area contributed by atoms with Crippen molar-refractivity contribution in [1.82, 2.24) is 4.90 Å². The molecule has 1 aliphatic heterocycles. The number of allylic oxidation sites excluding steroid dienone is 1. The molecule has 0 aromatic heterocycles. The third-order valence-corrected chi connectivity index (χ3v) is 6.35. The highest BCUT2D eigenvalue weighted by molar-refractivity contribution is 5.99. The molecule has 1 amide bonds. The van der Waals surface area contributed by atoms with E-state index in [9.17, 15) is 4.79 Å².